The van der Waals surface area contributed by atoms with Crippen LogP contribution in [0.25, 0.3) is 12.2 Å². The number of methoxy groups -OCH3 is 2. The quantitative estimate of drug-likeness (QED) is 0.109. The summed E-state index contributed by atoms with van der Waals surface area (Å²) in [4.78, 5) is 27.7. The molecule has 0 aliphatic rings. The molecule has 5 aromatic rings. The molecule has 0 unspecified atom stereocenters. The number of anilines is 5. The number of amides is 2. The molecule has 9 heteroatoms. The average molecular weight is 646 g/mol. The first-order chi connectivity index (χ1) is 23.9. The van der Waals surface area contributed by atoms with Crippen LogP contribution >= 0.6 is 0 Å². The average Bonchev–Trinajstić information content (AvgIpc) is 3.15. The van der Waals surface area contributed by atoms with Crippen LogP contribution in [0.15, 0.2) is 139 Å². The van der Waals surface area contributed by atoms with Gasteiger partial charge in [-0.25, -0.2) is 0 Å². The van der Waals surface area contributed by atoms with Gasteiger partial charge in [-0.3, -0.25) is 9.59 Å². The fourth-order valence-corrected chi connectivity index (χ4v) is 4.84. The number of nitriles is 2. The second-order valence-electron chi connectivity index (χ2n) is 10.6. The van der Waals surface area contributed by atoms with E-state index >= 15 is 0 Å². The third-order valence-corrected chi connectivity index (χ3v) is 7.36. The Morgan fingerprint density at radius 2 is 0.918 bits per heavy atom. The van der Waals surface area contributed by atoms with E-state index in [1.807, 2.05) is 95.9 Å². The third kappa shape index (κ3) is 8.59. The summed E-state index contributed by atoms with van der Waals surface area (Å²) in [5, 5.41) is 24.9. The fourth-order valence-electron chi connectivity index (χ4n) is 4.84. The zero-order valence-corrected chi connectivity index (χ0v) is 26.8. The van der Waals surface area contributed by atoms with Gasteiger partial charge in [0.25, 0.3) is 11.8 Å². The van der Waals surface area contributed by atoms with Crippen LogP contribution in [0.4, 0.5) is 28.4 Å². The van der Waals surface area contributed by atoms with E-state index < -0.39 is 11.8 Å². The van der Waals surface area contributed by atoms with E-state index in [-0.39, 0.29) is 11.1 Å². The summed E-state index contributed by atoms with van der Waals surface area (Å²) in [6, 6.07) is 42.4. The summed E-state index contributed by atoms with van der Waals surface area (Å²) < 4.78 is 10.3. The van der Waals surface area contributed by atoms with Gasteiger partial charge in [-0.05, 0) is 108 Å². The summed E-state index contributed by atoms with van der Waals surface area (Å²) in [5.41, 5.74) is 4.94. The van der Waals surface area contributed by atoms with Crippen molar-refractivity contribution in [1.29, 1.82) is 10.5 Å². The predicted octanol–water partition coefficient (Wildman–Crippen LogP) is 8.26. The van der Waals surface area contributed by atoms with E-state index in [0.717, 1.165) is 17.1 Å². The first kappa shape index (κ1) is 33.3. The lowest BCUT2D eigenvalue weighted by Crippen LogP contribution is -2.13. The van der Waals surface area contributed by atoms with Crippen LogP contribution in [0.2, 0.25) is 0 Å². The summed E-state index contributed by atoms with van der Waals surface area (Å²) in [5.74, 6) is 0.278. The molecule has 5 rings (SSSR count). The Hall–Kier alpha value is -7.10. The van der Waals surface area contributed by atoms with Crippen molar-refractivity contribution < 1.29 is 19.1 Å². The molecule has 0 aliphatic heterocycles. The zero-order valence-electron chi connectivity index (χ0n) is 26.8. The van der Waals surface area contributed by atoms with E-state index in [4.69, 9.17) is 9.47 Å². The Bertz CT molecular complexity index is 1920. The molecular weight excluding hydrogens is 614 g/mol. The SMILES string of the molecule is COc1ccc(NC(=O)C(C#N)=Cc2ccc(N(c3ccccc3)c3ccc(C=C(C#N)C(=O)Nc4ccc(OC)cc4)cc3)cc2)cc1. The van der Waals surface area contributed by atoms with Crippen molar-refractivity contribution in [2.45, 2.75) is 0 Å². The fraction of sp³-hybridized carbons (Fsp3) is 0.0500. The van der Waals surface area contributed by atoms with Crippen LogP contribution in [0.3, 0.4) is 0 Å². The zero-order chi connectivity index (χ0) is 34.6. The monoisotopic (exact) mass is 645 g/mol. The molecule has 0 aliphatic carbocycles. The number of hydrogen-bond acceptors (Lipinski definition) is 7. The predicted molar refractivity (Wildman–Crippen MR) is 192 cm³/mol. The molecule has 0 spiro atoms. The topological polar surface area (TPSA) is 127 Å². The summed E-state index contributed by atoms with van der Waals surface area (Å²) >= 11 is 0. The Labute approximate surface area is 284 Å². The number of nitrogens with one attached hydrogen (secondary N) is 2. The minimum absolute atomic E-state index is 0.0402. The lowest BCUT2D eigenvalue weighted by atomic mass is 10.1. The van der Waals surface area contributed by atoms with Gasteiger partial charge in [0, 0.05) is 28.4 Å². The van der Waals surface area contributed by atoms with Crippen LogP contribution in [-0.4, -0.2) is 26.0 Å². The van der Waals surface area contributed by atoms with Crippen molar-refractivity contribution in [2.24, 2.45) is 0 Å². The maximum absolute atomic E-state index is 12.8. The van der Waals surface area contributed by atoms with E-state index in [1.54, 1.807) is 62.8 Å². The Kier molecular flexibility index (Phi) is 10.8. The van der Waals surface area contributed by atoms with Gasteiger partial charge >= 0.3 is 0 Å². The van der Waals surface area contributed by atoms with Crippen LogP contribution in [-0.2, 0) is 9.59 Å². The van der Waals surface area contributed by atoms with Gasteiger partial charge in [-0.15, -0.1) is 0 Å². The number of benzene rings is 5. The van der Waals surface area contributed by atoms with Gasteiger partial charge in [0.15, 0.2) is 0 Å². The van der Waals surface area contributed by atoms with Crippen molar-refractivity contribution in [3.05, 3.63) is 150 Å². The van der Waals surface area contributed by atoms with Gasteiger partial charge in [0.1, 0.15) is 34.8 Å². The van der Waals surface area contributed by atoms with Crippen molar-refractivity contribution in [3.8, 4) is 23.6 Å². The molecule has 0 aromatic heterocycles. The molecule has 0 heterocycles. The molecule has 9 nitrogen and oxygen atoms in total. The minimum atomic E-state index is -0.519. The Morgan fingerprint density at radius 1 is 0.551 bits per heavy atom. The summed E-state index contributed by atoms with van der Waals surface area (Å²) in [6.45, 7) is 0. The normalized spacial score (nSPS) is 11.0. The molecular formula is C40H31N5O4. The lowest BCUT2D eigenvalue weighted by Gasteiger charge is -2.25. The lowest BCUT2D eigenvalue weighted by molar-refractivity contribution is -0.113. The molecule has 2 amide bonds. The highest BCUT2D eigenvalue weighted by molar-refractivity contribution is 6.10. The Morgan fingerprint density at radius 3 is 1.27 bits per heavy atom. The first-order valence-electron chi connectivity index (χ1n) is 15.1. The van der Waals surface area contributed by atoms with Crippen LogP contribution in [0.1, 0.15) is 11.1 Å². The highest BCUT2D eigenvalue weighted by Gasteiger charge is 2.15. The molecule has 0 atom stereocenters. The molecule has 0 saturated carbocycles. The van der Waals surface area contributed by atoms with E-state index in [1.165, 1.54) is 12.2 Å². The first-order valence-corrected chi connectivity index (χ1v) is 15.1. The molecule has 0 bridgehead atoms. The highest BCUT2D eigenvalue weighted by Crippen LogP contribution is 2.35. The van der Waals surface area contributed by atoms with Crippen LogP contribution in [0, 0.1) is 22.7 Å². The number of carbonyl (C=O) groups excluding carboxylic acids is 2. The second kappa shape index (κ2) is 15.9. The minimum Gasteiger partial charge on any atom is -0.497 e. The van der Waals surface area contributed by atoms with Gasteiger partial charge in [0.05, 0.1) is 14.2 Å². The molecule has 2 N–H and O–H groups in total. The number of ether oxygens (including phenoxy) is 2. The van der Waals surface area contributed by atoms with Gasteiger partial charge in [0.2, 0.25) is 0 Å². The van der Waals surface area contributed by atoms with Crippen molar-refractivity contribution >= 4 is 52.4 Å². The number of carbonyl (C=O) groups is 2. The van der Waals surface area contributed by atoms with Crippen molar-refractivity contribution in [2.75, 3.05) is 29.8 Å². The van der Waals surface area contributed by atoms with E-state index in [0.29, 0.717) is 34.0 Å². The molecule has 0 radical (unpaired) electrons. The molecule has 0 saturated heterocycles. The smallest absolute Gasteiger partial charge is 0.266 e. The van der Waals surface area contributed by atoms with Crippen LogP contribution in [0.5, 0.6) is 11.5 Å². The van der Waals surface area contributed by atoms with Crippen LogP contribution < -0.4 is 25.0 Å². The molecule has 240 valence electrons. The molecule has 0 fully saturated rings. The van der Waals surface area contributed by atoms with Gasteiger partial charge < -0.3 is 25.0 Å². The standard InChI is InChI=1S/C40H31N5O4/c1-48-37-20-12-32(13-21-37)43-39(46)30(26-41)24-28-8-16-35(17-9-28)45(34-6-4-3-5-7-34)36-18-10-29(11-19-36)25-31(27-42)40(47)44-33-14-22-38(49-2)23-15-33/h3-25H,1-2H3,(H,43,46)(H,44,47). The number of nitrogens with zero attached hydrogens (tertiary/aromatic N) is 3. The summed E-state index contributed by atoms with van der Waals surface area (Å²) in [6.07, 6.45) is 3.07. The van der Waals surface area contributed by atoms with Gasteiger partial charge in [-0.2, -0.15) is 10.5 Å². The van der Waals surface area contributed by atoms with E-state index in [9.17, 15) is 20.1 Å². The van der Waals surface area contributed by atoms with Crippen molar-refractivity contribution in [1.82, 2.24) is 0 Å². The molecule has 49 heavy (non-hydrogen) atoms. The van der Waals surface area contributed by atoms with Gasteiger partial charge in [-0.1, -0.05) is 42.5 Å². The Balaban J connectivity index is 1.35. The van der Waals surface area contributed by atoms with E-state index in [2.05, 4.69) is 10.6 Å². The number of hydrogen-bond donors (Lipinski definition) is 2. The maximum Gasteiger partial charge on any atom is 0.266 e. The number of rotatable bonds is 11. The largest absolute Gasteiger partial charge is 0.497 e. The maximum atomic E-state index is 12.8. The summed E-state index contributed by atoms with van der Waals surface area (Å²) in [7, 11) is 3.12. The second-order valence-corrected chi connectivity index (χ2v) is 10.6. The highest BCUT2D eigenvalue weighted by atomic mass is 16.5. The molecule has 5 aromatic carbocycles. The third-order valence-electron chi connectivity index (χ3n) is 7.36. The number of para-hydroxylation sites is 1. The van der Waals surface area contributed by atoms with Crippen molar-refractivity contribution in [3.63, 3.8) is 0 Å².